The predicted molar refractivity (Wildman–Crippen MR) is 68.4 cm³/mol. The summed E-state index contributed by atoms with van der Waals surface area (Å²) in [6.07, 6.45) is 3.33. The van der Waals surface area contributed by atoms with E-state index in [1.807, 2.05) is 13.0 Å². The SMILES string of the molecule is CNc1cc([N+](=O)[O-])cc(-c2cnccc2C)n1. The van der Waals surface area contributed by atoms with E-state index in [1.165, 1.54) is 12.1 Å². The average molecular weight is 244 g/mol. The van der Waals surface area contributed by atoms with E-state index >= 15 is 0 Å². The Labute approximate surface area is 104 Å². The first-order valence-corrected chi connectivity index (χ1v) is 5.37. The molecule has 0 amide bonds. The molecule has 0 aliphatic carbocycles. The molecule has 0 radical (unpaired) electrons. The van der Waals surface area contributed by atoms with Crippen molar-refractivity contribution >= 4 is 11.5 Å². The van der Waals surface area contributed by atoms with E-state index in [1.54, 1.807) is 19.4 Å². The highest BCUT2D eigenvalue weighted by molar-refractivity contribution is 5.67. The fraction of sp³-hybridized carbons (Fsp3) is 0.167. The minimum Gasteiger partial charge on any atom is -0.373 e. The van der Waals surface area contributed by atoms with Crippen molar-refractivity contribution in [1.29, 1.82) is 0 Å². The molecular weight excluding hydrogens is 232 g/mol. The molecule has 0 atom stereocenters. The van der Waals surface area contributed by atoms with Gasteiger partial charge in [-0.15, -0.1) is 0 Å². The summed E-state index contributed by atoms with van der Waals surface area (Å²) in [5, 5.41) is 13.7. The van der Waals surface area contributed by atoms with Crippen LogP contribution in [0.15, 0.2) is 30.6 Å². The fourth-order valence-electron chi connectivity index (χ4n) is 1.62. The van der Waals surface area contributed by atoms with Gasteiger partial charge in [0.1, 0.15) is 5.82 Å². The van der Waals surface area contributed by atoms with E-state index in [0.29, 0.717) is 11.5 Å². The van der Waals surface area contributed by atoms with Gasteiger partial charge in [0.25, 0.3) is 5.69 Å². The monoisotopic (exact) mass is 244 g/mol. The molecule has 0 saturated carbocycles. The number of hydrogen-bond acceptors (Lipinski definition) is 5. The van der Waals surface area contributed by atoms with Gasteiger partial charge in [-0.1, -0.05) is 0 Å². The third-order valence-corrected chi connectivity index (χ3v) is 2.59. The van der Waals surface area contributed by atoms with Crippen molar-refractivity contribution in [1.82, 2.24) is 9.97 Å². The van der Waals surface area contributed by atoms with Gasteiger partial charge >= 0.3 is 0 Å². The number of hydrogen-bond donors (Lipinski definition) is 1. The largest absolute Gasteiger partial charge is 0.373 e. The lowest BCUT2D eigenvalue weighted by molar-refractivity contribution is -0.384. The van der Waals surface area contributed by atoms with E-state index in [2.05, 4.69) is 15.3 Å². The van der Waals surface area contributed by atoms with Crippen LogP contribution in [0.5, 0.6) is 0 Å². The number of nitrogens with zero attached hydrogens (tertiary/aromatic N) is 3. The van der Waals surface area contributed by atoms with Crippen molar-refractivity contribution in [2.24, 2.45) is 0 Å². The zero-order chi connectivity index (χ0) is 13.1. The van der Waals surface area contributed by atoms with Gasteiger partial charge in [0.15, 0.2) is 0 Å². The second-order valence-corrected chi connectivity index (χ2v) is 3.79. The molecule has 18 heavy (non-hydrogen) atoms. The number of nitro groups is 1. The molecule has 0 fully saturated rings. The Morgan fingerprint density at radius 3 is 2.78 bits per heavy atom. The molecule has 0 unspecified atom stereocenters. The maximum Gasteiger partial charge on any atom is 0.275 e. The van der Waals surface area contributed by atoms with Crippen LogP contribution in [0.3, 0.4) is 0 Å². The predicted octanol–water partition coefficient (Wildman–Crippen LogP) is 2.40. The van der Waals surface area contributed by atoms with Crippen LogP contribution in [0.25, 0.3) is 11.3 Å². The van der Waals surface area contributed by atoms with Crippen LogP contribution in [0.4, 0.5) is 11.5 Å². The van der Waals surface area contributed by atoms with Crippen molar-refractivity contribution in [3.05, 3.63) is 46.3 Å². The van der Waals surface area contributed by atoms with Crippen LogP contribution in [0, 0.1) is 17.0 Å². The molecule has 92 valence electrons. The lowest BCUT2D eigenvalue weighted by Gasteiger charge is -2.06. The molecule has 0 bridgehead atoms. The normalized spacial score (nSPS) is 10.1. The smallest absolute Gasteiger partial charge is 0.275 e. The highest BCUT2D eigenvalue weighted by Crippen LogP contribution is 2.26. The minimum absolute atomic E-state index is 0.00704. The summed E-state index contributed by atoms with van der Waals surface area (Å²) in [6, 6.07) is 4.69. The number of rotatable bonds is 3. The maximum absolute atomic E-state index is 10.9. The summed E-state index contributed by atoms with van der Waals surface area (Å²) in [7, 11) is 1.67. The molecular formula is C12H12N4O2. The molecule has 6 heteroatoms. The average Bonchev–Trinajstić information content (AvgIpc) is 2.38. The highest BCUT2D eigenvalue weighted by atomic mass is 16.6. The van der Waals surface area contributed by atoms with Crippen molar-refractivity contribution in [2.75, 3.05) is 12.4 Å². The topological polar surface area (TPSA) is 81.0 Å². The molecule has 0 aliphatic heterocycles. The minimum atomic E-state index is -0.433. The van der Waals surface area contributed by atoms with Crippen LogP contribution in [0.2, 0.25) is 0 Å². The first-order valence-electron chi connectivity index (χ1n) is 5.37. The lowest BCUT2D eigenvalue weighted by Crippen LogP contribution is -1.98. The Balaban J connectivity index is 2.60. The third-order valence-electron chi connectivity index (χ3n) is 2.59. The quantitative estimate of drug-likeness (QED) is 0.662. The van der Waals surface area contributed by atoms with Crippen LogP contribution in [-0.2, 0) is 0 Å². The second kappa shape index (κ2) is 4.79. The van der Waals surface area contributed by atoms with Crippen LogP contribution in [0.1, 0.15) is 5.56 Å². The van der Waals surface area contributed by atoms with Gasteiger partial charge < -0.3 is 5.32 Å². The maximum atomic E-state index is 10.9. The summed E-state index contributed by atoms with van der Waals surface area (Å²) in [4.78, 5) is 18.8. The Hall–Kier alpha value is -2.50. The number of nitrogens with one attached hydrogen (secondary N) is 1. The molecule has 2 heterocycles. The third kappa shape index (κ3) is 2.27. The van der Waals surface area contributed by atoms with Gasteiger partial charge in [-0.2, -0.15) is 0 Å². The summed E-state index contributed by atoms with van der Waals surface area (Å²) in [6.45, 7) is 1.91. The van der Waals surface area contributed by atoms with Gasteiger partial charge in [0.05, 0.1) is 16.7 Å². The molecule has 0 spiro atoms. The van der Waals surface area contributed by atoms with Gasteiger partial charge in [0, 0.05) is 31.1 Å². The van der Waals surface area contributed by atoms with Crippen LogP contribution < -0.4 is 5.32 Å². The molecule has 6 nitrogen and oxygen atoms in total. The summed E-state index contributed by atoms with van der Waals surface area (Å²) >= 11 is 0. The van der Waals surface area contributed by atoms with E-state index in [-0.39, 0.29) is 5.69 Å². The van der Waals surface area contributed by atoms with Crippen molar-refractivity contribution in [3.63, 3.8) is 0 Å². The van der Waals surface area contributed by atoms with Crippen LogP contribution >= 0.6 is 0 Å². The Bertz CT molecular complexity index is 598. The molecule has 1 N–H and O–H groups in total. The first kappa shape index (κ1) is 12.0. The van der Waals surface area contributed by atoms with Crippen molar-refractivity contribution < 1.29 is 4.92 Å². The van der Waals surface area contributed by atoms with E-state index < -0.39 is 4.92 Å². The lowest BCUT2D eigenvalue weighted by atomic mass is 10.1. The first-order chi connectivity index (χ1) is 8.61. The number of pyridine rings is 2. The molecule has 2 aromatic heterocycles. The van der Waals surface area contributed by atoms with E-state index in [0.717, 1.165) is 11.1 Å². The molecule has 2 rings (SSSR count). The number of aryl methyl sites for hydroxylation is 1. The molecule has 0 aliphatic rings. The number of aromatic nitrogens is 2. The summed E-state index contributed by atoms with van der Waals surface area (Å²) < 4.78 is 0. The molecule has 0 saturated heterocycles. The Morgan fingerprint density at radius 2 is 2.17 bits per heavy atom. The fourth-order valence-corrected chi connectivity index (χ4v) is 1.62. The van der Waals surface area contributed by atoms with Gasteiger partial charge in [0.2, 0.25) is 0 Å². The van der Waals surface area contributed by atoms with Crippen LogP contribution in [-0.4, -0.2) is 21.9 Å². The standard InChI is InChI=1S/C12H12N4O2/c1-8-3-4-14-7-10(8)11-5-9(16(17)18)6-12(13-2)15-11/h3-7H,1-2H3,(H,13,15). The van der Waals surface area contributed by atoms with Gasteiger partial charge in [-0.3, -0.25) is 15.1 Å². The summed E-state index contributed by atoms with van der Waals surface area (Å²) in [5.41, 5.74) is 2.31. The Morgan fingerprint density at radius 1 is 1.39 bits per heavy atom. The summed E-state index contributed by atoms with van der Waals surface area (Å²) in [5.74, 6) is 0.461. The zero-order valence-electron chi connectivity index (χ0n) is 10.0. The van der Waals surface area contributed by atoms with Crippen molar-refractivity contribution in [2.45, 2.75) is 6.92 Å². The number of anilines is 1. The second-order valence-electron chi connectivity index (χ2n) is 3.79. The highest BCUT2D eigenvalue weighted by Gasteiger charge is 2.13. The molecule has 0 aromatic carbocycles. The Kier molecular flexibility index (Phi) is 3.18. The van der Waals surface area contributed by atoms with E-state index in [4.69, 9.17) is 0 Å². The van der Waals surface area contributed by atoms with Gasteiger partial charge in [-0.05, 0) is 18.6 Å². The van der Waals surface area contributed by atoms with E-state index in [9.17, 15) is 10.1 Å². The zero-order valence-corrected chi connectivity index (χ0v) is 10.0. The van der Waals surface area contributed by atoms with Crippen molar-refractivity contribution in [3.8, 4) is 11.3 Å². The molecule has 2 aromatic rings. The van der Waals surface area contributed by atoms with Gasteiger partial charge in [-0.25, -0.2) is 4.98 Å².